The summed E-state index contributed by atoms with van der Waals surface area (Å²) in [5.41, 5.74) is 0.503. The summed E-state index contributed by atoms with van der Waals surface area (Å²) < 4.78 is 4.61. The van der Waals surface area contributed by atoms with Crippen LogP contribution in [0.25, 0.3) is 0 Å². The van der Waals surface area contributed by atoms with E-state index < -0.39 is 16.6 Å². The van der Waals surface area contributed by atoms with Gasteiger partial charge in [-0.1, -0.05) is 30.3 Å². The van der Waals surface area contributed by atoms with Gasteiger partial charge in [0.2, 0.25) is 0 Å². The van der Waals surface area contributed by atoms with Crippen molar-refractivity contribution in [1.29, 1.82) is 0 Å². The van der Waals surface area contributed by atoms with Gasteiger partial charge in [0.25, 0.3) is 0 Å². The summed E-state index contributed by atoms with van der Waals surface area (Å²) in [7, 11) is 0. The van der Waals surface area contributed by atoms with Crippen molar-refractivity contribution < 1.29 is 14.5 Å². The molecule has 6 heteroatoms. The fourth-order valence-electron chi connectivity index (χ4n) is 1.16. The van der Waals surface area contributed by atoms with Gasteiger partial charge in [0.1, 0.15) is 0 Å². The second kappa shape index (κ2) is 7.50. The number of carbonyl (C=O) groups excluding carboxylic acids is 1. The number of hydrogen-bond donors (Lipinski definition) is 0. The van der Waals surface area contributed by atoms with Crippen LogP contribution in [0, 0.1) is 10.1 Å². The summed E-state index contributed by atoms with van der Waals surface area (Å²) in [6.45, 7) is 1.72. The van der Waals surface area contributed by atoms with Crippen molar-refractivity contribution in [2.45, 2.75) is 12.7 Å². The first-order chi connectivity index (χ1) is 8.65. The lowest BCUT2D eigenvalue weighted by molar-refractivity contribution is -0.421. The average molecular weight is 267 g/mol. The largest absolute Gasteiger partial charge is 0.458 e. The van der Waals surface area contributed by atoms with E-state index in [1.165, 1.54) is 17.2 Å². The van der Waals surface area contributed by atoms with Gasteiger partial charge < -0.3 is 4.74 Å². The number of thioether (sulfide) groups is 1. The zero-order valence-electron chi connectivity index (χ0n) is 9.87. The molecular formula is C12H13NO4S. The predicted molar refractivity (Wildman–Crippen MR) is 69.4 cm³/mol. The Morgan fingerprint density at radius 2 is 2.11 bits per heavy atom. The van der Waals surface area contributed by atoms with Crippen molar-refractivity contribution in [2.75, 3.05) is 6.61 Å². The zero-order valence-corrected chi connectivity index (χ0v) is 10.7. The zero-order chi connectivity index (χ0) is 13.4. The van der Waals surface area contributed by atoms with Gasteiger partial charge in [0.15, 0.2) is 0 Å². The molecule has 0 radical (unpaired) electrons. The first kappa shape index (κ1) is 14.2. The molecule has 0 saturated carbocycles. The molecular weight excluding hydrogens is 254 g/mol. The molecule has 0 saturated heterocycles. The summed E-state index contributed by atoms with van der Waals surface area (Å²) in [4.78, 5) is 21.2. The lowest BCUT2D eigenvalue weighted by atomic mass is 10.2. The van der Waals surface area contributed by atoms with Gasteiger partial charge in [0.05, 0.1) is 16.9 Å². The molecule has 0 N–H and O–H groups in total. The minimum absolute atomic E-state index is 0.118. The quantitative estimate of drug-likeness (QED) is 0.343. The van der Waals surface area contributed by atoms with Crippen molar-refractivity contribution in [3.63, 3.8) is 0 Å². The van der Waals surface area contributed by atoms with Crippen LogP contribution in [0.3, 0.4) is 0 Å². The third-order valence-electron chi connectivity index (χ3n) is 1.97. The van der Waals surface area contributed by atoms with Crippen LogP contribution in [-0.4, -0.2) is 17.5 Å². The molecule has 0 aliphatic rings. The van der Waals surface area contributed by atoms with Crippen LogP contribution >= 0.6 is 11.8 Å². The molecule has 0 unspecified atom stereocenters. The van der Waals surface area contributed by atoms with Gasteiger partial charge >= 0.3 is 11.7 Å². The second-order valence-corrected chi connectivity index (χ2v) is 4.13. The summed E-state index contributed by atoms with van der Waals surface area (Å²) >= 11 is 1.19. The van der Waals surface area contributed by atoms with Gasteiger partial charge in [-0.15, -0.1) is 11.8 Å². The third kappa shape index (κ3) is 4.58. The van der Waals surface area contributed by atoms with E-state index in [1.54, 1.807) is 6.92 Å². The summed E-state index contributed by atoms with van der Waals surface area (Å²) in [6, 6.07) is 9.50. The van der Waals surface area contributed by atoms with E-state index in [2.05, 4.69) is 4.74 Å². The highest BCUT2D eigenvalue weighted by Crippen LogP contribution is 2.16. The highest BCUT2D eigenvalue weighted by molar-refractivity contribution is 8.01. The van der Waals surface area contributed by atoms with Crippen LogP contribution in [0.5, 0.6) is 0 Å². The lowest BCUT2D eigenvalue weighted by Crippen LogP contribution is -2.14. The monoisotopic (exact) mass is 267 g/mol. The fraction of sp³-hybridized carbons (Fsp3) is 0.250. The molecule has 1 aromatic carbocycles. The Morgan fingerprint density at radius 1 is 1.44 bits per heavy atom. The van der Waals surface area contributed by atoms with E-state index in [4.69, 9.17) is 0 Å². The van der Waals surface area contributed by atoms with E-state index >= 15 is 0 Å². The standard InChI is InChI=1S/C12H13NO4S/c1-2-17-12(14)11(13(15)16)9-18-8-10-6-4-3-5-7-10/h3-7,9H,2,8H2,1H3/b11-9-. The summed E-state index contributed by atoms with van der Waals surface area (Å²) in [5.74, 6) is -0.333. The first-order valence-corrected chi connectivity index (χ1v) is 6.37. The molecule has 1 rings (SSSR count). The summed E-state index contributed by atoms with van der Waals surface area (Å²) in [6.07, 6.45) is 0. The van der Waals surface area contributed by atoms with Gasteiger partial charge in [0, 0.05) is 5.75 Å². The summed E-state index contributed by atoms with van der Waals surface area (Å²) in [5, 5.41) is 11.9. The lowest BCUT2D eigenvalue weighted by Gasteiger charge is -1.99. The van der Waals surface area contributed by atoms with Crippen molar-refractivity contribution in [3.8, 4) is 0 Å². The Kier molecular flexibility index (Phi) is 5.93. The van der Waals surface area contributed by atoms with Crippen LogP contribution in [0.15, 0.2) is 41.4 Å². The van der Waals surface area contributed by atoms with Gasteiger partial charge in [-0.2, -0.15) is 0 Å². The Hall–Kier alpha value is -1.82. The normalized spacial score (nSPS) is 11.1. The van der Waals surface area contributed by atoms with Gasteiger partial charge in [-0.3, -0.25) is 10.1 Å². The van der Waals surface area contributed by atoms with Crippen LogP contribution in [0.4, 0.5) is 0 Å². The Bertz CT molecular complexity index is 445. The minimum Gasteiger partial charge on any atom is -0.458 e. The highest BCUT2D eigenvalue weighted by atomic mass is 32.2. The number of benzene rings is 1. The molecule has 0 atom stereocenters. The van der Waals surface area contributed by atoms with Crippen molar-refractivity contribution in [3.05, 3.63) is 57.1 Å². The predicted octanol–water partition coefficient (Wildman–Crippen LogP) is 2.60. The molecule has 1 aromatic rings. The maximum absolute atomic E-state index is 11.3. The topological polar surface area (TPSA) is 69.4 Å². The van der Waals surface area contributed by atoms with Crippen molar-refractivity contribution in [1.82, 2.24) is 0 Å². The fourth-order valence-corrected chi connectivity index (χ4v) is 1.97. The van der Waals surface area contributed by atoms with E-state index in [9.17, 15) is 14.9 Å². The number of carbonyl (C=O) groups is 1. The number of rotatable bonds is 6. The Balaban J connectivity index is 2.61. The molecule has 18 heavy (non-hydrogen) atoms. The molecule has 0 bridgehead atoms. The Morgan fingerprint density at radius 3 is 2.67 bits per heavy atom. The van der Waals surface area contributed by atoms with E-state index in [-0.39, 0.29) is 6.61 Å². The molecule has 0 aliphatic carbocycles. The SMILES string of the molecule is CCOC(=O)/C(=C/SCc1ccccc1)[N+](=O)[O-]. The minimum atomic E-state index is -0.900. The molecule has 0 fully saturated rings. The Labute approximate surface area is 109 Å². The highest BCUT2D eigenvalue weighted by Gasteiger charge is 2.22. The maximum atomic E-state index is 11.3. The van der Waals surface area contributed by atoms with Crippen LogP contribution < -0.4 is 0 Å². The van der Waals surface area contributed by atoms with E-state index in [0.29, 0.717) is 5.75 Å². The molecule has 0 heterocycles. The van der Waals surface area contributed by atoms with Crippen molar-refractivity contribution in [2.24, 2.45) is 0 Å². The second-order valence-electron chi connectivity index (χ2n) is 3.28. The molecule has 0 amide bonds. The number of nitro groups is 1. The molecule has 5 nitrogen and oxygen atoms in total. The maximum Gasteiger partial charge on any atom is 0.410 e. The third-order valence-corrected chi connectivity index (χ3v) is 2.86. The van der Waals surface area contributed by atoms with Gasteiger partial charge in [-0.25, -0.2) is 4.79 Å². The van der Waals surface area contributed by atoms with Crippen LogP contribution in [0.2, 0.25) is 0 Å². The number of hydrogen-bond acceptors (Lipinski definition) is 5. The molecule has 0 aromatic heterocycles. The van der Waals surface area contributed by atoms with Crippen molar-refractivity contribution >= 4 is 17.7 Å². The first-order valence-electron chi connectivity index (χ1n) is 5.32. The smallest absolute Gasteiger partial charge is 0.410 e. The van der Waals surface area contributed by atoms with E-state index in [1.807, 2.05) is 30.3 Å². The molecule has 96 valence electrons. The van der Waals surface area contributed by atoms with Gasteiger partial charge in [-0.05, 0) is 12.5 Å². The number of ether oxygens (including phenoxy) is 1. The van der Waals surface area contributed by atoms with E-state index in [0.717, 1.165) is 5.56 Å². The number of esters is 1. The van der Waals surface area contributed by atoms with Crippen LogP contribution in [0.1, 0.15) is 12.5 Å². The van der Waals surface area contributed by atoms with Crippen LogP contribution in [-0.2, 0) is 15.3 Å². The molecule has 0 aliphatic heterocycles. The molecule has 0 spiro atoms. The average Bonchev–Trinajstić information content (AvgIpc) is 2.35. The number of nitrogens with zero attached hydrogens (tertiary/aromatic N) is 1.